The van der Waals surface area contributed by atoms with Crippen LogP contribution in [-0.4, -0.2) is 36.7 Å². The zero-order chi connectivity index (χ0) is 9.97. The van der Waals surface area contributed by atoms with E-state index in [-0.39, 0.29) is 0 Å². The third-order valence-corrected chi connectivity index (χ3v) is 2.79. The first-order valence-corrected chi connectivity index (χ1v) is 4.97. The highest BCUT2D eigenvalue weighted by molar-refractivity contribution is 5.28. The number of piperazine rings is 1. The molecule has 3 nitrogen and oxygen atoms in total. The first-order valence-electron chi connectivity index (χ1n) is 4.97. The fourth-order valence-electron chi connectivity index (χ4n) is 1.87. The van der Waals surface area contributed by atoms with E-state index < -0.39 is 0 Å². The SMILES string of the molecule is CN1CCNCC1c1ccc(O)cc1. The van der Waals surface area contributed by atoms with Crippen LogP contribution in [0.2, 0.25) is 0 Å². The molecular weight excluding hydrogens is 176 g/mol. The van der Waals surface area contributed by atoms with Gasteiger partial charge in [0.25, 0.3) is 0 Å². The van der Waals surface area contributed by atoms with Crippen molar-refractivity contribution in [3.05, 3.63) is 29.8 Å². The van der Waals surface area contributed by atoms with Crippen molar-refractivity contribution < 1.29 is 5.11 Å². The van der Waals surface area contributed by atoms with Gasteiger partial charge in [0.2, 0.25) is 0 Å². The molecule has 0 radical (unpaired) electrons. The topological polar surface area (TPSA) is 35.5 Å². The second kappa shape index (κ2) is 3.98. The molecule has 1 atom stereocenters. The predicted molar refractivity (Wildman–Crippen MR) is 56.3 cm³/mol. The maximum Gasteiger partial charge on any atom is 0.115 e. The van der Waals surface area contributed by atoms with E-state index in [9.17, 15) is 5.11 Å². The summed E-state index contributed by atoms with van der Waals surface area (Å²) in [6.45, 7) is 3.12. The lowest BCUT2D eigenvalue weighted by molar-refractivity contribution is 0.202. The molecule has 1 aliphatic rings. The summed E-state index contributed by atoms with van der Waals surface area (Å²) >= 11 is 0. The van der Waals surface area contributed by atoms with Crippen molar-refractivity contribution in [3.63, 3.8) is 0 Å². The Balaban J connectivity index is 2.16. The van der Waals surface area contributed by atoms with Crippen molar-refractivity contribution in [1.82, 2.24) is 10.2 Å². The number of likely N-dealkylation sites (N-methyl/N-ethyl adjacent to an activating group) is 1. The van der Waals surface area contributed by atoms with E-state index >= 15 is 0 Å². The summed E-state index contributed by atoms with van der Waals surface area (Å²) in [6, 6.07) is 7.91. The molecule has 14 heavy (non-hydrogen) atoms. The Morgan fingerprint density at radius 1 is 1.36 bits per heavy atom. The fraction of sp³-hybridized carbons (Fsp3) is 0.455. The van der Waals surface area contributed by atoms with Crippen LogP contribution in [-0.2, 0) is 0 Å². The van der Waals surface area contributed by atoms with Gasteiger partial charge in [0, 0.05) is 25.7 Å². The molecule has 1 aromatic rings. The molecule has 2 N–H and O–H groups in total. The number of phenolic OH excluding ortho intramolecular Hbond substituents is 1. The summed E-state index contributed by atoms with van der Waals surface area (Å²) in [5, 5.41) is 12.6. The lowest BCUT2D eigenvalue weighted by Crippen LogP contribution is -2.43. The van der Waals surface area contributed by atoms with Crippen LogP contribution in [0.25, 0.3) is 0 Å². The molecule has 1 unspecified atom stereocenters. The van der Waals surface area contributed by atoms with Gasteiger partial charge in [-0.2, -0.15) is 0 Å². The first kappa shape index (κ1) is 9.49. The Morgan fingerprint density at radius 3 is 2.71 bits per heavy atom. The zero-order valence-corrected chi connectivity index (χ0v) is 8.40. The average molecular weight is 192 g/mol. The number of phenols is 1. The van der Waals surface area contributed by atoms with Gasteiger partial charge in [-0.3, -0.25) is 4.90 Å². The first-order chi connectivity index (χ1) is 6.77. The number of nitrogens with zero attached hydrogens (tertiary/aromatic N) is 1. The molecule has 1 aliphatic heterocycles. The van der Waals surface area contributed by atoms with E-state index in [2.05, 4.69) is 17.3 Å². The van der Waals surface area contributed by atoms with E-state index in [0.29, 0.717) is 11.8 Å². The summed E-state index contributed by atoms with van der Waals surface area (Å²) in [7, 11) is 2.14. The third-order valence-electron chi connectivity index (χ3n) is 2.79. The van der Waals surface area contributed by atoms with Crippen molar-refractivity contribution in [2.24, 2.45) is 0 Å². The van der Waals surface area contributed by atoms with Crippen LogP contribution in [0, 0.1) is 0 Å². The van der Waals surface area contributed by atoms with Crippen molar-refractivity contribution >= 4 is 0 Å². The Hall–Kier alpha value is -1.06. The summed E-state index contributed by atoms with van der Waals surface area (Å²) < 4.78 is 0. The van der Waals surface area contributed by atoms with Crippen LogP contribution in [0.15, 0.2) is 24.3 Å². The van der Waals surface area contributed by atoms with Crippen LogP contribution in [0.5, 0.6) is 5.75 Å². The number of benzene rings is 1. The van der Waals surface area contributed by atoms with E-state index in [1.165, 1.54) is 5.56 Å². The number of aromatic hydroxyl groups is 1. The van der Waals surface area contributed by atoms with Crippen LogP contribution >= 0.6 is 0 Å². The van der Waals surface area contributed by atoms with Crippen LogP contribution < -0.4 is 5.32 Å². The van der Waals surface area contributed by atoms with Gasteiger partial charge >= 0.3 is 0 Å². The predicted octanol–water partition coefficient (Wildman–Crippen LogP) is 0.968. The van der Waals surface area contributed by atoms with Gasteiger partial charge in [-0.25, -0.2) is 0 Å². The molecular formula is C11H16N2O. The number of nitrogens with one attached hydrogen (secondary N) is 1. The second-order valence-corrected chi connectivity index (χ2v) is 3.79. The lowest BCUT2D eigenvalue weighted by Gasteiger charge is -2.33. The van der Waals surface area contributed by atoms with Crippen LogP contribution in [0.1, 0.15) is 11.6 Å². The van der Waals surface area contributed by atoms with Gasteiger partial charge in [0.05, 0.1) is 0 Å². The molecule has 0 spiro atoms. The molecule has 1 fully saturated rings. The normalized spacial score (nSPS) is 23.6. The van der Waals surface area contributed by atoms with Crippen LogP contribution in [0.3, 0.4) is 0 Å². The van der Waals surface area contributed by atoms with E-state index in [4.69, 9.17) is 0 Å². The summed E-state index contributed by atoms with van der Waals surface area (Å²) in [4.78, 5) is 2.34. The zero-order valence-electron chi connectivity index (χ0n) is 8.40. The van der Waals surface area contributed by atoms with Gasteiger partial charge in [-0.1, -0.05) is 12.1 Å². The molecule has 3 heteroatoms. The van der Waals surface area contributed by atoms with Gasteiger partial charge < -0.3 is 10.4 Å². The van der Waals surface area contributed by atoms with Crippen molar-refractivity contribution in [2.45, 2.75) is 6.04 Å². The molecule has 0 amide bonds. The molecule has 0 aromatic heterocycles. The van der Waals surface area contributed by atoms with Gasteiger partial charge in [-0.05, 0) is 24.7 Å². The fourth-order valence-corrected chi connectivity index (χ4v) is 1.87. The number of hydrogen-bond donors (Lipinski definition) is 2. The molecule has 1 aromatic carbocycles. The minimum Gasteiger partial charge on any atom is -0.508 e. The van der Waals surface area contributed by atoms with Crippen molar-refractivity contribution in [2.75, 3.05) is 26.7 Å². The van der Waals surface area contributed by atoms with Gasteiger partial charge in [0.1, 0.15) is 5.75 Å². The Bertz CT molecular complexity index is 297. The van der Waals surface area contributed by atoms with E-state index in [0.717, 1.165) is 19.6 Å². The minimum atomic E-state index is 0.333. The highest BCUT2D eigenvalue weighted by Gasteiger charge is 2.19. The van der Waals surface area contributed by atoms with Crippen LogP contribution in [0.4, 0.5) is 0 Å². The quantitative estimate of drug-likeness (QED) is 0.696. The number of rotatable bonds is 1. The molecule has 0 bridgehead atoms. The van der Waals surface area contributed by atoms with E-state index in [1.54, 1.807) is 12.1 Å². The highest BCUT2D eigenvalue weighted by atomic mass is 16.3. The summed E-state index contributed by atoms with van der Waals surface area (Å²) in [5.74, 6) is 0.333. The van der Waals surface area contributed by atoms with Gasteiger partial charge in [-0.15, -0.1) is 0 Å². The monoisotopic (exact) mass is 192 g/mol. The summed E-state index contributed by atoms with van der Waals surface area (Å²) in [6.07, 6.45) is 0. The Kier molecular flexibility index (Phi) is 2.70. The molecule has 1 heterocycles. The maximum absolute atomic E-state index is 9.19. The molecule has 1 saturated heterocycles. The highest BCUT2D eigenvalue weighted by Crippen LogP contribution is 2.22. The molecule has 0 saturated carbocycles. The summed E-state index contributed by atoms with van der Waals surface area (Å²) in [5.41, 5.74) is 1.26. The lowest BCUT2D eigenvalue weighted by atomic mass is 10.0. The largest absolute Gasteiger partial charge is 0.508 e. The number of hydrogen-bond acceptors (Lipinski definition) is 3. The van der Waals surface area contributed by atoms with Gasteiger partial charge in [0.15, 0.2) is 0 Å². The Labute approximate surface area is 84.4 Å². The minimum absolute atomic E-state index is 0.333. The standard InChI is InChI=1S/C11H16N2O/c1-13-7-6-12-8-11(13)9-2-4-10(14)5-3-9/h2-5,11-12,14H,6-8H2,1H3. The average Bonchev–Trinajstić information content (AvgIpc) is 2.20. The van der Waals surface area contributed by atoms with E-state index in [1.807, 2.05) is 12.1 Å². The van der Waals surface area contributed by atoms with Crippen molar-refractivity contribution in [3.8, 4) is 5.75 Å². The third kappa shape index (κ3) is 1.89. The smallest absolute Gasteiger partial charge is 0.115 e. The second-order valence-electron chi connectivity index (χ2n) is 3.79. The molecule has 76 valence electrons. The molecule has 2 rings (SSSR count). The molecule has 0 aliphatic carbocycles. The van der Waals surface area contributed by atoms with Crippen molar-refractivity contribution in [1.29, 1.82) is 0 Å². The Morgan fingerprint density at radius 2 is 2.07 bits per heavy atom. The maximum atomic E-state index is 9.19.